The van der Waals surface area contributed by atoms with E-state index in [1.54, 1.807) is 11.3 Å². The smallest absolute Gasteiger partial charge is 0.276 e. The summed E-state index contributed by atoms with van der Waals surface area (Å²) in [5.41, 5.74) is 1.04. The molecule has 2 rings (SSSR count). The van der Waals surface area contributed by atoms with Crippen molar-refractivity contribution in [1.29, 1.82) is 0 Å². The number of nitrogens with one attached hydrogen (secondary N) is 2. The Labute approximate surface area is 126 Å². The standard InChI is InChI=1S/C13H17N5O2S/c1-3-14-12-6-11(18(19)20)7-13(17-12)15-5-4-10-8-21-9(2)16-10/h6-8H,3-5H2,1-2H3,(H2,14,15,17). The molecule has 7 nitrogen and oxygen atoms in total. The molecule has 0 aliphatic rings. The minimum Gasteiger partial charge on any atom is -0.370 e. The molecule has 0 radical (unpaired) electrons. The second-order valence-electron chi connectivity index (χ2n) is 4.42. The molecular formula is C13H17N5O2S. The van der Waals surface area contributed by atoms with Crippen molar-refractivity contribution in [2.45, 2.75) is 20.3 Å². The monoisotopic (exact) mass is 307 g/mol. The molecule has 0 saturated heterocycles. The summed E-state index contributed by atoms with van der Waals surface area (Å²) >= 11 is 1.61. The lowest BCUT2D eigenvalue weighted by molar-refractivity contribution is -0.384. The van der Waals surface area contributed by atoms with Crippen LogP contribution >= 0.6 is 11.3 Å². The predicted octanol–water partition coefficient (Wildman–Crippen LogP) is 2.84. The Balaban J connectivity index is 2.02. The quantitative estimate of drug-likeness (QED) is 0.603. The maximum atomic E-state index is 10.9. The molecule has 112 valence electrons. The molecule has 2 heterocycles. The van der Waals surface area contributed by atoms with Crippen molar-refractivity contribution in [3.05, 3.63) is 38.3 Å². The van der Waals surface area contributed by atoms with Gasteiger partial charge in [0.2, 0.25) is 0 Å². The van der Waals surface area contributed by atoms with Gasteiger partial charge in [0.05, 0.1) is 27.8 Å². The van der Waals surface area contributed by atoms with Crippen LogP contribution in [0.15, 0.2) is 17.5 Å². The molecular weight excluding hydrogens is 290 g/mol. The first kappa shape index (κ1) is 15.2. The Morgan fingerprint density at radius 3 is 2.57 bits per heavy atom. The lowest BCUT2D eigenvalue weighted by atomic mass is 10.3. The Hall–Kier alpha value is -2.22. The highest BCUT2D eigenvalue weighted by molar-refractivity contribution is 7.09. The first-order valence-electron chi connectivity index (χ1n) is 6.63. The van der Waals surface area contributed by atoms with Crippen molar-refractivity contribution in [1.82, 2.24) is 9.97 Å². The molecule has 2 aromatic rings. The molecule has 0 atom stereocenters. The van der Waals surface area contributed by atoms with E-state index >= 15 is 0 Å². The first-order chi connectivity index (χ1) is 10.1. The molecule has 0 aliphatic carbocycles. The van der Waals surface area contributed by atoms with Crippen molar-refractivity contribution < 1.29 is 4.92 Å². The van der Waals surface area contributed by atoms with Crippen LogP contribution in [-0.4, -0.2) is 28.0 Å². The van der Waals surface area contributed by atoms with Gasteiger partial charge in [0, 0.05) is 24.9 Å². The zero-order chi connectivity index (χ0) is 15.2. The van der Waals surface area contributed by atoms with Crippen molar-refractivity contribution in [3.63, 3.8) is 0 Å². The van der Waals surface area contributed by atoms with Gasteiger partial charge >= 0.3 is 0 Å². The molecule has 0 amide bonds. The van der Waals surface area contributed by atoms with Crippen molar-refractivity contribution in [3.8, 4) is 0 Å². The average Bonchev–Trinajstić information content (AvgIpc) is 2.84. The summed E-state index contributed by atoms with van der Waals surface area (Å²) in [4.78, 5) is 19.2. The normalized spacial score (nSPS) is 10.4. The third-order valence-corrected chi connectivity index (χ3v) is 3.55. The number of nitrogens with zero attached hydrogens (tertiary/aromatic N) is 3. The number of thiazole rings is 1. The van der Waals surface area contributed by atoms with E-state index in [0.29, 0.717) is 24.7 Å². The molecule has 2 aromatic heterocycles. The van der Waals surface area contributed by atoms with Crippen LogP contribution in [-0.2, 0) is 6.42 Å². The average molecular weight is 307 g/mol. The summed E-state index contributed by atoms with van der Waals surface area (Å²) in [6.45, 7) is 5.17. The van der Waals surface area contributed by atoms with Gasteiger partial charge in [-0.25, -0.2) is 9.97 Å². The number of pyridine rings is 1. The molecule has 0 spiro atoms. The van der Waals surface area contributed by atoms with Crippen molar-refractivity contribution >= 4 is 28.7 Å². The van der Waals surface area contributed by atoms with Gasteiger partial charge in [0.15, 0.2) is 0 Å². The molecule has 0 fully saturated rings. The fraction of sp³-hybridized carbons (Fsp3) is 0.385. The third kappa shape index (κ3) is 4.38. The third-order valence-electron chi connectivity index (χ3n) is 2.73. The topological polar surface area (TPSA) is 93.0 Å². The van der Waals surface area contributed by atoms with E-state index in [-0.39, 0.29) is 5.69 Å². The summed E-state index contributed by atoms with van der Waals surface area (Å²) in [7, 11) is 0. The summed E-state index contributed by atoms with van der Waals surface area (Å²) in [6, 6.07) is 2.87. The number of aryl methyl sites for hydroxylation is 1. The van der Waals surface area contributed by atoms with Crippen LogP contribution in [0.4, 0.5) is 17.3 Å². The molecule has 0 saturated carbocycles. The Morgan fingerprint density at radius 1 is 1.29 bits per heavy atom. The molecule has 0 bridgehead atoms. The van der Waals surface area contributed by atoms with E-state index < -0.39 is 4.92 Å². The predicted molar refractivity (Wildman–Crippen MR) is 84.1 cm³/mol. The van der Waals surface area contributed by atoms with Crippen LogP contribution < -0.4 is 10.6 Å². The minimum atomic E-state index is -0.419. The van der Waals surface area contributed by atoms with Crippen LogP contribution in [0.2, 0.25) is 0 Å². The van der Waals surface area contributed by atoms with E-state index in [4.69, 9.17) is 0 Å². The largest absolute Gasteiger partial charge is 0.370 e. The lowest BCUT2D eigenvalue weighted by Gasteiger charge is -2.08. The van der Waals surface area contributed by atoms with Gasteiger partial charge in [-0.15, -0.1) is 11.3 Å². The number of aromatic nitrogens is 2. The van der Waals surface area contributed by atoms with Gasteiger partial charge in [-0.1, -0.05) is 0 Å². The fourth-order valence-corrected chi connectivity index (χ4v) is 2.47. The van der Waals surface area contributed by atoms with Crippen LogP contribution in [0.25, 0.3) is 0 Å². The maximum absolute atomic E-state index is 10.9. The van der Waals surface area contributed by atoms with E-state index in [1.165, 1.54) is 12.1 Å². The van der Waals surface area contributed by atoms with Crippen LogP contribution in [0.1, 0.15) is 17.6 Å². The lowest BCUT2D eigenvalue weighted by Crippen LogP contribution is -2.09. The van der Waals surface area contributed by atoms with Crippen LogP contribution in [0.5, 0.6) is 0 Å². The number of hydrogen-bond donors (Lipinski definition) is 2. The summed E-state index contributed by atoms with van der Waals surface area (Å²) in [5.74, 6) is 0.991. The van der Waals surface area contributed by atoms with Gasteiger partial charge in [-0.3, -0.25) is 10.1 Å². The first-order valence-corrected chi connectivity index (χ1v) is 7.51. The maximum Gasteiger partial charge on any atom is 0.276 e. The Morgan fingerprint density at radius 2 is 2.00 bits per heavy atom. The van der Waals surface area contributed by atoms with Crippen LogP contribution in [0.3, 0.4) is 0 Å². The Kier molecular flexibility index (Phi) is 5.04. The molecule has 2 N–H and O–H groups in total. The molecule has 0 aliphatic heterocycles. The second kappa shape index (κ2) is 6.98. The molecule has 8 heteroatoms. The van der Waals surface area contributed by atoms with Gasteiger partial charge in [-0.05, 0) is 13.8 Å². The van der Waals surface area contributed by atoms with Gasteiger partial charge in [-0.2, -0.15) is 0 Å². The highest BCUT2D eigenvalue weighted by Crippen LogP contribution is 2.20. The fourth-order valence-electron chi connectivity index (χ4n) is 1.83. The molecule has 21 heavy (non-hydrogen) atoms. The van der Waals surface area contributed by atoms with Crippen molar-refractivity contribution in [2.24, 2.45) is 0 Å². The van der Waals surface area contributed by atoms with Crippen molar-refractivity contribution in [2.75, 3.05) is 23.7 Å². The highest BCUT2D eigenvalue weighted by Gasteiger charge is 2.10. The van der Waals surface area contributed by atoms with Gasteiger partial charge < -0.3 is 10.6 Å². The van der Waals surface area contributed by atoms with Gasteiger partial charge in [0.25, 0.3) is 5.69 Å². The number of nitro groups is 1. The highest BCUT2D eigenvalue weighted by atomic mass is 32.1. The zero-order valence-corrected chi connectivity index (χ0v) is 12.7. The van der Waals surface area contributed by atoms with Gasteiger partial charge in [0.1, 0.15) is 11.6 Å². The van der Waals surface area contributed by atoms with E-state index in [0.717, 1.165) is 17.1 Å². The number of rotatable bonds is 7. The van der Waals surface area contributed by atoms with E-state index in [9.17, 15) is 10.1 Å². The van der Waals surface area contributed by atoms with E-state index in [1.807, 2.05) is 19.2 Å². The number of hydrogen-bond acceptors (Lipinski definition) is 7. The number of anilines is 2. The molecule has 0 unspecified atom stereocenters. The van der Waals surface area contributed by atoms with Crippen LogP contribution in [0, 0.1) is 17.0 Å². The minimum absolute atomic E-state index is 0.0213. The molecule has 0 aromatic carbocycles. The summed E-state index contributed by atoms with van der Waals surface area (Å²) in [6.07, 6.45) is 0.755. The Bertz CT molecular complexity index is 629. The second-order valence-corrected chi connectivity index (χ2v) is 5.48. The zero-order valence-electron chi connectivity index (χ0n) is 11.9. The SMILES string of the molecule is CCNc1cc([N+](=O)[O-])cc(NCCc2csc(C)n2)n1. The van der Waals surface area contributed by atoms with E-state index in [2.05, 4.69) is 20.6 Å². The summed E-state index contributed by atoms with van der Waals surface area (Å²) < 4.78 is 0. The summed E-state index contributed by atoms with van der Waals surface area (Å²) in [5, 5.41) is 20.1.